The average molecular weight is 464 g/mol. The lowest BCUT2D eigenvalue weighted by molar-refractivity contribution is -0.133. The lowest BCUT2D eigenvalue weighted by Crippen LogP contribution is -2.67. The van der Waals surface area contributed by atoms with Crippen molar-refractivity contribution in [2.45, 2.75) is 77.5 Å². The second-order valence-electron chi connectivity index (χ2n) is 12.2. The van der Waals surface area contributed by atoms with Crippen LogP contribution in [0.25, 0.3) is 0 Å². The average Bonchev–Trinajstić information content (AvgIpc) is 2.73. The Bertz CT molecular complexity index is 1000. The Kier molecular flexibility index (Phi) is 6.56. The van der Waals surface area contributed by atoms with E-state index in [9.17, 15) is 4.79 Å². The lowest BCUT2D eigenvalue weighted by Gasteiger charge is -2.49. The molecule has 2 saturated heterocycles. The quantitative estimate of drug-likeness (QED) is 0.699. The highest BCUT2D eigenvalue weighted by Crippen LogP contribution is 2.31. The van der Waals surface area contributed by atoms with Crippen molar-refractivity contribution in [2.24, 2.45) is 0 Å². The first kappa shape index (κ1) is 24.7. The zero-order valence-corrected chi connectivity index (χ0v) is 21.9. The van der Waals surface area contributed by atoms with Crippen LogP contribution in [0.15, 0.2) is 48.5 Å². The Morgan fingerprint density at radius 1 is 0.971 bits per heavy atom. The zero-order chi connectivity index (χ0) is 24.7. The highest BCUT2D eigenvalue weighted by molar-refractivity contribution is 5.97. The highest BCUT2D eigenvalue weighted by Gasteiger charge is 2.38. The summed E-state index contributed by atoms with van der Waals surface area (Å²) in [6.45, 7) is 18.6. The van der Waals surface area contributed by atoms with E-state index in [0.717, 1.165) is 18.8 Å². The third-order valence-electron chi connectivity index (χ3n) is 6.81. The summed E-state index contributed by atoms with van der Waals surface area (Å²) in [5.74, 6) is 0.0468. The first-order chi connectivity index (χ1) is 15.8. The first-order valence-corrected chi connectivity index (χ1v) is 12.5. The summed E-state index contributed by atoms with van der Waals surface area (Å²) >= 11 is 0. The van der Waals surface area contributed by atoms with E-state index in [2.05, 4.69) is 107 Å². The molecule has 0 radical (unpaired) electrons. The number of ether oxygens (including phenoxy) is 1. The number of nitrogens with one attached hydrogen (secondary N) is 1. The molecule has 0 spiro atoms. The van der Waals surface area contributed by atoms with Gasteiger partial charge >= 0.3 is 0 Å². The van der Waals surface area contributed by atoms with Crippen LogP contribution < -0.4 is 15.1 Å². The van der Waals surface area contributed by atoms with Crippen LogP contribution in [0.1, 0.15) is 59.6 Å². The minimum atomic E-state index is -0.471. The third kappa shape index (κ3) is 5.47. The van der Waals surface area contributed by atoms with E-state index in [4.69, 9.17) is 4.74 Å². The fourth-order valence-electron chi connectivity index (χ4n) is 5.55. The molecule has 2 heterocycles. The maximum atomic E-state index is 13.5. The molecule has 0 aromatic heterocycles. The molecule has 1 unspecified atom stereocenters. The number of hydrogen-bond donors (Lipinski definition) is 1. The summed E-state index contributed by atoms with van der Waals surface area (Å²) in [4.78, 5) is 17.8. The van der Waals surface area contributed by atoms with Crippen LogP contribution in [0.5, 0.6) is 0 Å². The van der Waals surface area contributed by atoms with Crippen molar-refractivity contribution < 1.29 is 9.53 Å². The van der Waals surface area contributed by atoms with Crippen molar-refractivity contribution >= 4 is 17.3 Å². The number of hydrogen-bond acceptors (Lipinski definition) is 4. The molecular weight excluding hydrogens is 422 g/mol. The van der Waals surface area contributed by atoms with Crippen LogP contribution in [-0.2, 0) is 21.4 Å². The summed E-state index contributed by atoms with van der Waals surface area (Å²) < 4.78 is 6.03. The van der Waals surface area contributed by atoms with Crippen LogP contribution in [0.4, 0.5) is 11.4 Å². The topological polar surface area (TPSA) is 44.8 Å². The molecule has 184 valence electrons. The summed E-state index contributed by atoms with van der Waals surface area (Å²) in [6, 6.07) is 16.9. The molecule has 2 aromatic rings. The number of nitrogens with zero attached hydrogens (tertiary/aromatic N) is 2. The van der Waals surface area contributed by atoms with Gasteiger partial charge in [0.05, 0.1) is 6.61 Å². The summed E-state index contributed by atoms with van der Waals surface area (Å²) in [6.07, 6.45) is 0.109. The Labute approximate surface area is 205 Å². The maximum Gasteiger partial charge on any atom is 0.256 e. The van der Waals surface area contributed by atoms with Crippen molar-refractivity contribution in [3.8, 4) is 0 Å². The molecule has 0 bridgehead atoms. The van der Waals surface area contributed by atoms with Gasteiger partial charge in [-0.2, -0.15) is 0 Å². The van der Waals surface area contributed by atoms with E-state index in [1.165, 1.54) is 16.8 Å². The van der Waals surface area contributed by atoms with E-state index >= 15 is 0 Å². The largest absolute Gasteiger partial charge is 0.368 e. The number of rotatable bonds is 4. The minimum absolute atomic E-state index is 0.00202. The molecule has 2 aromatic carbocycles. The normalized spacial score (nSPS) is 22.7. The SMILES string of the molecule is CC1(C)CN(c2ccccc2CC2OCCN(c3ccc(C(C)(C)C)cc3)C2=O)CC(C)(C)N1. The van der Waals surface area contributed by atoms with Crippen molar-refractivity contribution in [3.63, 3.8) is 0 Å². The fourth-order valence-corrected chi connectivity index (χ4v) is 5.55. The summed E-state index contributed by atoms with van der Waals surface area (Å²) in [7, 11) is 0. The third-order valence-corrected chi connectivity index (χ3v) is 6.81. The molecule has 1 N–H and O–H groups in total. The standard InChI is InChI=1S/C29H41N3O2/c1-27(2,3)22-12-14-23(15-13-22)32-16-17-34-25(26(32)33)18-21-10-8-9-11-24(21)31-19-28(4,5)30-29(6,7)20-31/h8-15,25,30H,16-20H2,1-7H3. The maximum absolute atomic E-state index is 13.5. The number of amides is 1. The molecule has 5 nitrogen and oxygen atoms in total. The first-order valence-electron chi connectivity index (χ1n) is 12.5. The molecule has 2 aliphatic rings. The van der Waals surface area contributed by atoms with Gasteiger partial charge in [-0.1, -0.05) is 51.1 Å². The summed E-state index contributed by atoms with van der Waals surface area (Å²) in [5.41, 5.74) is 4.68. The van der Waals surface area contributed by atoms with Gasteiger partial charge in [-0.15, -0.1) is 0 Å². The van der Waals surface area contributed by atoms with Gasteiger partial charge < -0.3 is 19.9 Å². The summed E-state index contributed by atoms with van der Waals surface area (Å²) in [5, 5.41) is 3.75. The molecule has 0 aliphatic carbocycles. The molecule has 1 atom stereocenters. The lowest BCUT2D eigenvalue weighted by atomic mass is 9.87. The molecule has 1 amide bonds. The van der Waals surface area contributed by atoms with Crippen LogP contribution in [-0.4, -0.2) is 49.3 Å². The monoisotopic (exact) mass is 463 g/mol. The second-order valence-corrected chi connectivity index (χ2v) is 12.2. The Morgan fingerprint density at radius 3 is 2.21 bits per heavy atom. The molecule has 4 rings (SSSR count). The van der Waals surface area contributed by atoms with Crippen LogP contribution in [0, 0.1) is 0 Å². The molecule has 2 aliphatic heterocycles. The number of morpholine rings is 1. The highest BCUT2D eigenvalue weighted by atomic mass is 16.5. The van der Waals surface area contributed by atoms with Gasteiger partial charge in [-0.25, -0.2) is 0 Å². The number of carbonyl (C=O) groups is 1. The predicted molar refractivity (Wildman–Crippen MR) is 141 cm³/mol. The second kappa shape index (κ2) is 9.01. The van der Waals surface area contributed by atoms with Crippen molar-refractivity contribution in [1.29, 1.82) is 0 Å². The van der Waals surface area contributed by atoms with Crippen LogP contribution in [0.3, 0.4) is 0 Å². The van der Waals surface area contributed by atoms with Gasteiger partial charge in [0.2, 0.25) is 0 Å². The fraction of sp³-hybridized carbons (Fsp3) is 0.552. The van der Waals surface area contributed by atoms with E-state index in [-0.39, 0.29) is 22.4 Å². The molecule has 0 saturated carbocycles. The van der Waals surface area contributed by atoms with Gasteiger partial charge in [-0.05, 0) is 62.4 Å². The number of anilines is 2. The van der Waals surface area contributed by atoms with Crippen molar-refractivity contribution in [2.75, 3.05) is 36.0 Å². The number of carbonyl (C=O) groups excluding carboxylic acids is 1. The Balaban J connectivity index is 1.54. The Hall–Kier alpha value is -2.37. The van der Waals surface area contributed by atoms with E-state index in [1.807, 2.05) is 4.90 Å². The van der Waals surface area contributed by atoms with Gasteiger partial charge in [0.1, 0.15) is 6.10 Å². The van der Waals surface area contributed by atoms with E-state index in [0.29, 0.717) is 19.6 Å². The van der Waals surface area contributed by atoms with E-state index in [1.54, 1.807) is 0 Å². The van der Waals surface area contributed by atoms with Crippen molar-refractivity contribution in [3.05, 3.63) is 59.7 Å². The zero-order valence-electron chi connectivity index (χ0n) is 21.9. The number of piperazine rings is 1. The minimum Gasteiger partial charge on any atom is -0.368 e. The molecule has 5 heteroatoms. The van der Waals surface area contributed by atoms with Crippen LogP contribution in [0.2, 0.25) is 0 Å². The predicted octanol–water partition coefficient (Wildman–Crippen LogP) is 4.93. The van der Waals surface area contributed by atoms with Gasteiger partial charge in [0, 0.05) is 48.5 Å². The number of para-hydroxylation sites is 1. The molecular formula is C29H41N3O2. The number of benzene rings is 2. The van der Waals surface area contributed by atoms with E-state index < -0.39 is 6.10 Å². The van der Waals surface area contributed by atoms with Crippen molar-refractivity contribution in [1.82, 2.24) is 5.32 Å². The van der Waals surface area contributed by atoms with Gasteiger partial charge in [-0.3, -0.25) is 4.79 Å². The van der Waals surface area contributed by atoms with Gasteiger partial charge in [0.25, 0.3) is 5.91 Å². The molecule has 34 heavy (non-hydrogen) atoms. The molecule has 2 fully saturated rings. The smallest absolute Gasteiger partial charge is 0.256 e. The van der Waals surface area contributed by atoms with Gasteiger partial charge in [0.15, 0.2) is 0 Å². The Morgan fingerprint density at radius 2 is 1.59 bits per heavy atom. The van der Waals surface area contributed by atoms with Crippen LogP contribution >= 0.6 is 0 Å².